The number of nitrogens with zero attached hydrogens (tertiary/aromatic N) is 2. The monoisotopic (exact) mass is 918 g/mol. The summed E-state index contributed by atoms with van der Waals surface area (Å²) in [6, 6.07) is 44.4. The van der Waals surface area contributed by atoms with Crippen molar-refractivity contribution in [3.05, 3.63) is 190 Å². The quantitative estimate of drug-likeness (QED) is 0.165. The van der Waals surface area contributed by atoms with Gasteiger partial charge in [0, 0.05) is 63.5 Å². The lowest BCUT2D eigenvalue weighted by molar-refractivity contribution is 0.0508. The first-order valence-corrected chi connectivity index (χ1v) is 25.6. The number of hydrogen-bond donors (Lipinski definition) is 0. The Bertz CT molecular complexity index is 3400. The summed E-state index contributed by atoms with van der Waals surface area (Å²) in [5, 5.41) is 0. The molecule has 3 atom stereocenters. The molecular weight excluding hydrogens is 860 g/mol. The molecule has 4 aliphatic heterocycles. The van der Waals surface area contributed by atoms with Gasteiger partial charge < -0.3 is 28.7 Å². The third-order valence-corrected chi connectivity index (χ3v) is 17.2. The smallest absolute Gasteiger partial charge is 0.251 e. The number of rotatable bonds is 3. The Kier molecular flexibility index (Phi) is 8.77. The second-order valence-electron chi connectivity index (χ2n) is 23.0. The van der Waals surface area contributed by atoms with Gasteiger partial charge in [0.2, 0.25) is 0 Å². The van der Waals surface area contributed by atoms with E-state index in [1.54, 1.807) is 0 Å². The van der Waals surface area contributed by atoms with Gasteiger partial charge in [0.05, 0.1) is 0 Å². The Balaban J connectivity index is 1.09. The van der Waals surface area contributed by atoms with Crippen molar-refractivity contribution in [1.29, 1.82) is 0 Å². The van der Waals surface area contributed by atoms with E-state index in [0.717, 1.165) is 35.1 Å². The van der Waals surface area contributed by atoms with Crippen molar-refractivity contribution in [2.75, 3.05) is 36.2 Å². The van der Waals surface area contributed by atoms with E-state index >= 15 is 0 Å². The highest BCUT2D eigenvalue weighted by molar-refractivity contribution is 6.96. The highest BCUT2D eigenvalue weighted by atomic mass is 16.6. The molecule has 14 rings (SSSR count). The highest BCUT2D eigenvalue weighted by Gasteiger charge is 2.53. The van der Waals surface area contributed by atoms with E-state index in [2.05, 4.69) is 199 Å². The lowest BCUT2D eigenvalue weighted by Gasteiger charge is -2.49. The molecule has 0 saturated carbocycles. The maximum atomic E-state index is 6.51. The molecule has 0 N–H and O–H groups in total. The Labute approximate surface area is 413 Å². The van der Waals surface area contributed by atoms with Crippen molar-refractivity contribution in [3.63, 3.8) is 0 Å². The van der Waals surface area contributed by atoms with Gasteiger partial charge in [0.15, 0.2) is 17.3 Å². The van der Waals surface area contributed by atoms with E-state index < -0.39 is 0 Å². The Morgan fingerprint density at radius 3 is 2.10 bits per heavy atom. The molecule has 4 heterocycles. The molecule has 0 spiro atoms. The van der Waals surface area contributed by atoms with Crippen LogP contribution in [0.5, 0.6) is 11.5 Å². The summed E-state index contributed by atoms with van der Waals surface area (Å²) in [5.41, 5.74) is 22.7. The predicted octanol–water partition coefficient (Wildman–Crippen LogP) is 13.2. The minimum absolute atomic E-state index is 0.0289. The van der Waals surface area contributed by atoms with Crippen LogP contribution >= 0.6 is 0 Å². The van der Waals surface area contributed by atoms with Crippen molar-refractivity contribution in [3.8, 4) is 33.8 Å². The van der Waals surface area contributed by atoms with Gasteiger partial charge in [-0.15, -0.1) is 0 Å². The van der Waals surface area contributed by atoms with Crippen molar-refractivity contribution in [1.82, 2.24) is 0 Å². The number of benzene rings is 6. The molecule has 0 radical (unpaired) electrons. The predicted molar refractivity (Wildman–Crippen MR) is 284 cm³/mol. The molecule has 0 amide bonds. The zero-order valence-electron chi connectivity index (χ0n) is 41.6. The van der Waals surface area contributed by atoms with Crippen molar-refractivity contribution in [2.45, 2.75) is 84.0 Å². The molecule has 0 saturated heterocycles. The van der Waals surface area contributed by atoms with E-state index in [9.17, 15) is 0 Å². The van der Waals surface area contributed by atoms with Crippen LogP contribution < -0.4 is 30.2 Å². The molecule has 6 nitrogen and oxygen atoms in total. The number of fused-ring (bicyclic) bond motifs is 11. The van der Waals surface area contributed by atoms with Crippen LogP contribution in [0.3, 0.4) is 0 Å². The van der Waals surface area contributed by atoms with Gasteiger partial charge in [-0.3, -0.25) is 0 Å². The van der Waals surface area contributed by atoms with Crippen LogP contribution in [0.1, 0.15) is 95.5 Å². The van der Waals surface area contributed by atoms with Crippen LogP contribution in [0, 0.1) is 11.8 Å². The zero-order valence-corrected chi connectivity index (χ0v) is 41.6. The first-order chi connectivity index (χ1) is 33.8. The third kappa shape index (κ3) is 5.87. The maximum Gasteiger partial charge on any atom is 0.251 e. The van der Waals surface area contributed by atoms with Gasteiger partial charge >= 0.3 is 0 Å². The molecule has 0 aromatic heterocycles. The summed E-state index contributed by atoms with van der Waals surface area (Å²) in [4.78, 5) is 5.20. The maximum absolute atomic E-state index is 6.51. The van der Waals surface area contributed by atoms with Crippen molar-refractivity contribution < 1.29 is 18.9 Å². The molecule has 70 heavy (non-hydrogen) atoms. The van der Waals surface area contributed by atoms with Crippen LogP contribution in [0.4, 0.5) is 22.7 Å². The summed E-state index contributed by atoms with van der Waals surface area (Å²) in [6.45, 7) is 20.9. The first kappa shape index (κ1) is 42.1. The van der Waals surface area contributed by atoms with E-state index in [0.29, 0.717) is 26.4 Å². The van der Waals surface area contributed by atoms with Gasteiger partial charge in [-0.25, -0.2) is 0 Å². The topological polar surface area (TPSA) is 43.4 Å². The number of ether oxygens (including phenoxy) is 4. The second-order valence-corrected chi connectivity index (χ2v) is 23.0. The molecule has 6 aromatic carbocycles. The largest absolute Gasteiger partial charge is 0.490 e. The molecular formula is C63H59BN2O4. The fourth-order valence-electron chi connectivity index (χ4n) is 13.7. The summed E-state index contributed by atoms with van der Waals surface area (Å²) < 4.78 is 25.7. The van der Waals surface area contributed by atoms with Gasteiger partial charge in [0.25, 0.3) is 6.71 Å². The first-order valence-electron chi connectivity index (χ1n) is 25.6. The zero-order chi connectivity index (χ0) is 47.6. The van der Waals surface area contributed by atoms with E-state index in [1.165, 1.54) is 94.9 Å². The van der Waals surface area contributed by atoms with Gasteiger partial charge in [-0.05, 0) is 120 Å². The molecule has 348 valence electrons. The SMILES string of the molecule is CC1CC(N2c3cc4c(cc3B3C5=CC6c7ccccc7C(C)(C)C6C=C5N(c5ccc6c(c5)C(C)(C)c5ccccc5-6)c5cc(-c6ccc(C(C)(C)C)cc6)cc2c53)OCCO4)=CC2=C1OCCO2. The standard InChI is InChI=1S/C63H59BN2O4/c1-36-27-41(31-58-60(36)70-26-25-69-58)66-53-35-57-56(67-23-24-68-57)34-51(53)64-50-32-45-43-14-10-12-16-47(43)63(7,8)49(45)33-52(50)65(40-21-22-44-42-13-9-11-15-46(42)62(5,6)48(44)30-40)54-28-38(29-55(66)59(54)64)37-17-19-39(20-18-37)61(2,3)4/h9-22,28-36,45,49H,23-27H2,1-8H3. The van der Waals surface area contributed by atoms with Gasteiger partial charge in [0.1, 0.15) is 32.2 Å². The third-order valence-electron chi connectivity index (χ3n) is 17.2. The van der Waals surface area contributed by atoms with Crippen molar-refractivity contribution >= 4 is 40.4 Å². The fraction of sp³-hybridized carbons (Fsp3) is 0.302. The van der Waals surface area contributed by atoms with Crippen LogP contribution in [-0.4, -0.2) is 33.1 Å². The Hall–Kier alpha value is -6.86. The highest BCUT2D eigenvalue weighted by Crippen LogP contribution is 2.59. The fourth-order valence-corrected chi connectivity index (χ4v) is 13.7. The molecule has 8 aliphatic rings. The minimum atomic E-state index is -0.171. The molecule has 3 unspecified atom stereocenters. The molecule has 7 heteroatoms. The van der Waals surface area contributed by atoms with E-state index in [4.69, 9.17) is 18.9 Å². The molecule has 0 fully saturated rings. The Morgan fingerprint density at radius 1 is 0.629 bits per heavy atom. The number of hydrogen-bond acceptors (Lipinski definition) is 6. The van der Waals surface area contributed by atoms with Crippen LogP contribution in [0.25, 0.3) is 22.3 Å². The number of anilines is 4. The summed E-state index contributed by atoms with van der Waals surface area (Å²) in [6.07, 6.45) is 8.38. The summed E-state index contributed by atoms with van der Waals surface area (Å²) in [7, 11) is 0. The van der Waals surface area contributed by atoms with Gasteiger partial charge in [-0.2, -0.15) is 0 Å². The molecule has 4 aliphatic carbocycles. The van der Waals surface area contributed by atoms with Crippen LogP contribution in [-0.2, 0) is 25.7 Å². The average Bonchev–Trinajstić information content (AvgIpc) is 3.73. The van der Waals surface area contributed by atoms with Crippen molar-refractivity contribution in [2.24, 2.45) is 11.8 Å². The van der Waals surface area contributed by atoms with E-state index in [-0.39, 0.29) is 40.7 Å². The summed E-state index contributed by atoms with van der Waals surface area (Å²) >= 11 is 0. The molecule has 6 aromatic rings. The van der Waals surface area contributed by atoms with Crippen LogP contribution in [0.2, 0.25) is 0 Å². The average molecular weight is 919 g/mol. The lowest BCUT2D eigenvalue weighted by atomic mass is 9.31. The lowest BCUT2D eigenvalue weighted by Crippen LogP contribution is -2.58. The van der Waals surface area contributed by atoms with Gasteiger partial charge in [-0.1, -0.05) is 146 Å². The summed E-state index contributed by atoms with van der Waals surface area (Å²) in [5.74, 6) is 3.98. The second kappa shape index (κ2) is 14.6. The Morgan fingerprint density at radius 2 is 1.31 bits per heavy atom. The molecule has 0 bridgehead atoms. The number of allylic oxidation sites excluding steroid dienone is 6. The van der Waals surface area contributed by atoms with Crippen LogP contribution in [0.15, 0.2) is 162 Å². The van der Waals surface area contributed by atoms with E-state index in [1.807, 2.05) is 0 Å². The minimum Gasteiger partial charge on any atom is -0.490 e. The normalized spacial score (nSPS) is 22.4.